The smallest absolute Gasteiger partial charge is 0.257 e. The summed E-state index contributed by atoms with van der Waals surface area (Å²) in [7, 11) is 1.54. The van der Waals surface area contributed by atoms with Crippen molar-refractivity contribution in [3.05, 3.63) is 22.7 Å². The predicted molar refractivity (Wildman–Crippen MR) is 79.6 cm³/mol. The molecular weight excluding hydrogens is 280 g/mol. The minimum atomic E-state index is -0.168. The van der Waals surface area contributed by atoms with Crippen LogP contribution in [0.4, 0.5) is 0 Å². The summed E-state index contributed by atoms with van der Waals surface area (Å²) in [5.74, 6) is 0.901. The molecule has 0 aliphatic carbocycles. The maximum Gasteiger partial charge on any atom is 0.257 e. The normalized spacial score (nSPS) is 10.2. The van der Waals surface area contributed by atoms with Crippen molar-refractivity contribution in [2.75, 3.05) is 26.8 Å². The molecule has 6 heteroatoms. The highest BCUT2D eigenvalue weighted by molar-refractivity contribution is 6.30. The molecule has 0 aliphatic rings. The Morgan fingerprint density at radius 2 is 2.05 bits per heavy atom. The zero-order chi connectivity index (χ0) is 15.0. The molecule has 0 aliphatic heterocycles. The van der Waals surface area contributed by atoms with E-state index < -0.39 is 0 Å². The summed E-state index contributed by atoms with van der Waals surface area (Å²) in [6, 6.07) is 3.48. The van der Waals surface area contributed by atoms with Crippen molar-refractivity contribution in [2.24, 2.45) is 0 Å². The number of amides is 1. The number of hydrogen-bond acceptors (Lipinski definition) is 4. The molecule has 1 aromatic rings. The standard InChI is InChI=1S/C14H21ClN2O3/c1-4-16-8-10-6-11(15)7-12(19-3)14(10)20-9-13(18)17-5-2/h6-7,16H,4-5,8-9H2,1-3H3,(H,17,18). The van der Waals surface area contributed by atoms with Gasteiger partial charge in [0.1, 0.15) is 0 Å². The van der Waals surface area contributed by atoms with E-state index in [1.165, 1.54) is 0 Å². The van der Waals surface area contributed by atoms with Gasteiger partial charge in [0.05, 0.1) is 7.11 Å². The fourth-order valence-corrected chi connectivity index (χ4v) is 1.95. The largest absolute Gasteiger partial charge is 0.493 e. The Bertz CT molecular complexity index is 452. The number of benzene rings is 1. The average molecular weight is 301 g/mol. The van der Waals surface area contributed by atoms with E-state index >= 15 is 0 Å². The summed E-state index contributed by atoms with van der Waals surface area (Å²) in [6.45, 7) is 5.81. The molecule has 0 atom stereocenters. The summed E-state index contributed by atoms with van der Waals surface area (Å²) in [4.78, 5) is 11.5. The molecule has 0 heterocycles. The van der Waals surface area contributed by atoms with Crippen molar-refractivity contribution in [3.63, 3.8) is 0 Å². The van der Waals surface area contributed by atoms with Crippen LogP contribution in [0, 0.1) is 0 Å². The minimum Gasteiger partial charge on any atom is -0.493 e. The molecule has 0 bridgehead atoms. The second-order valence-corrected chi connectivity index (χ2v) is 4.56. The van der Waals surface area contributed by atoms with E-state index in [2.05, 4.69) is 10.6 Å². The lowest BCUT2D eigenvalue weighted by Crippen LogP contribution is -2.28. The van der Waals surface area contributed by atoms with Crippen molar-refractivity contribution in [2.45, 2.75) is 20.4 Å². The molecule has 0 saturated heterocycles. The summed E-state index contributed by atoms with van der Waals surface area (Å²) < 4.78 is 10.9. The van der Waals surface area contributed by atoms with E-state index in [0.717, 1.165) is 12.1 Å². The number of rotatable bonds is 8. The molecule has 0 radical (unpaired) electrons. The molecule has 112 valence electrons. The van der Waals surface area contributed by atoms with Crippen LogP contribution < -0.4 is 20.1 Å². The first-order valence-electron chi connectivity index (χ1n) is 6.58. The Hall–Kier alpha value is -1.46. The van der Waals surface area contributed by atoms with Gasteiger partial charge in [0.2, 0.25) is 0 Å². The van der Waals surface area contributed by atoms with Gasteiger partial charge in [-0.3, -0.25) is 4.79 Å². The van der Waals surface area contributed by atoms with Crippen LogP contribution in [0.15, 0.2) is 12.1 Å². The number of halogens is 1. The van der Waals surface area contributed by atoms with Crippen molar-refractivity contribution >= 4 is 17.5 Å². The quantitative estimate of drug-likeness (QED) is 0.771. The van der Waals surface area contributed by atoms with Gasteiger partial charge in [-0.05, 0) is 19.5 Å². The van der Waals surface area contributed by atoms with E-state index in [1.54, 1.807) is 19.2 Å². The maximum atomic E-state index is 11.5. The number of ether oxygens (including phenoxy) is 2. The van der Waals surface area contributed by atoms with E-state index in [1.807, 2.05) is 13.8 Å². The Morgan fingerprint density at radius 3 is 2.65 bits per heavy atom. The van der Waals surface area contributed by atoms with Gasteiger partial charge in [-0.2, -0.15) is 0 Å². The van der Waals surface area contributed by atoms with Gasteiger partial charge in [-0.25, -0.2) is 0 Å². The van der Waals surface area contributed by atoms with E-state index in [4.69, 9.17) is 21.1 Å². The Labute approximate surface area is 124 Å². The number of methoxy groups -OCH3 is 1. The lowest BCUT2D eigenvalue weighted by Gasteiger charge is -2.16. The molecule has 2 N–H and O–H groups in total. The van der Waals surface area contributed by atoms with Gasteiger partial charge in [-0.15, -0.1) is 0 Å². The van der Waals surface area contributed by atoms with Crippen molar-refractivity contribution in [3.8, 4) is 11.5 Å². The molecule has 0 spiro atoms. The van der Waals surface area contributed by atoms with Crippen LogP contribution >= 0.6 is 11.6 Å². The number of carbonyl (C=O) groups is 1. The molecule has 1 amide bonds. The molecule has 20 heavy (non-hydrogen) atoms. The van der Waals surface area contributed by atoms with E-state index in [0.29, 0.717) is 29.6 Å². The molecule has 0 saturated carbocycles. The highest BCUT2D eigenvalue weighted by atomic mass is 35.5. The van der Waals surface area contributed by atoms with Crippen molar-refractivity contribution in [1.29, 1.82) is 0 Å². The number of likely N-dealkylation sites (N-methyl/N-ethyl adjacent to an activating group) is 1. The van der Waals surface area contributed by atoms with Crippen LogP contribution in [-0.2, 0) is 11.3 Å². The van der Waals surface area contributed by atoms with Crippen LogP contribution in [0.2, 0.25) is 5.02 Å². The Balaban J connectivity index is 2.91. The van der Waals surface area contributed by atoms with Crippen molar-refractivity contribution < 1.29 is 14.3 Å². The van der Waals surface area contributed by atoms with Crippen molar-refractivity contribution in [1.82, 2.24) is 10.6 Å². The minimum absolute atomic E-state index is 0.0506. The van der Waals surface area contributed by atoms with E-state index in [9.17, 15) is 4.79 Å². The molecule has 1 rings (SSSR count). The Kier molecular flexibility index (Phi) is 7.18. The zero-order valence-corrected chi connectivity index (χ0v) is 12.8. The third kappa shape index (κ3) is 4.90. The fraction of sp³-hybridized carbons (Fsp3) is 0.500. The molecule has 1 aromatic carbocycles. The molecule has 0 unspecified atom stereocenters. The van der Waals surface area contributed by atoms with Crippen LogP contribution in [0.25, 0.3) is 0 Å². The maximum absolute atomic E-state index is 11.5. The van der Waals surface area contributed by atoms with Gasteiger partial charge >= 0.3 is 0 Å². The highest BCUT2D eigenvalue weighted by Gasteiger charge is 2.14. The number of carbonyl (C=O) groups excluding carboxylic acids is 1. The predicted octanol–water partition coefficient (Wildman–Crippen LogP) is 1.97. The SMILES string of the molecule is CCNCc1cc(Cl)cc(OC)c1OCC(=O)NCC. The summed E-state index contributed by atoms with van der Waals surface area (Å²) >= 11 is 6.05. The number of nitrogens with one attached hydrogen (secondary N) is 2. The third-order valence-corrected chi connectivity index (χ3v) is 2.82. The zero-order valence-electron chi connectivity index (χ0n) is 12.1. The molecule has 5 nitrogen and oxygen atoms in total. The average Bonchev–Trinajstić information content (AvgIpc) is 2.43. The lowest BCUT2D eigenvalue weighted by molar-refractivity contribution is -0.123. The second kappa shape index (κ2) is 8.66. The fourth-order valence-electron chi connectivity index (χ4n) is 1.72. The molecular formula is C14H21ClN2O3. The number of hydrogen-bond donors (Lipinski definition) is 2. The van der Waals surface area contributed by atoms with Crippen LogP contribution in [0.5, 0.6) is 11.5 Å². The van der Waals surface area contributed by atoms with Gasteiger partial charge in [0, 0.05) is 29.7 Å². The monoisotopic (exact) mass is 300 g/mol. The first kappa shape index (κ1) is 16.6. The van der Waals surface area contributed by atoms with Gasteiger partial charge in [0.25, 0.3) is 5.91 Å². The highest BCUT2D eigenvalue weighted by Crippen LogP contribution is 2.34. The van der Waals surface area contributed by atoms with Crippen LogP contribution in [0.3, 0.4) is 0 Å². The van der Waals surface area contributed by atoms with Gasteiger partial charge in [0.15, 0.2) is 18.1 Å². The lowest BCUT2D eigenvalue weighted by atomic mass is 10.2. The molecule has 0 aromatic heterocycles. The summed E-state index contributed by atoms with van der Waals surface area (Å²) in [5.41, 5.74) is 0.862. The Morgan fingerprint density at radius 1 is 1.30 bits per heavy atom. The van der Waals surface area contributed by atoms with Gasteiger partial charge < -0.3 is 20.1 Å². The van der Waals surface area contributed by atoms with Gasteiger partial charge in [-0.1, -0.05) is 18.5 Å². The summed E-state index contributed by atoms with van der Waals surface area (Å²) in [6.07, 6.45) is 0. The van der Waals surface area contributed by atoms with Crippen LogP contribution in [0.1, 0.15) is 19.4 Å². The summed E-state index contributed by atoms with van der Waals surface area (Å²) in [5, 5.41) is 6.45. The molecule has 0 fully saturated rings. The van der Waals surface area contributed by atoms with Crippen LogP contribution in [-0.4, -0.2) is 32.7 Å². The first-order valence-corrected chi connectivity index (χ1v) is 6.96. The third-order valence-electron chi connectivity index (χ3n) is 2.60. The topological polar surface area (TPSA) is 59.6 Å². The first-order chi connectivity index (χ1) is 9.62. The second-order valence-electron chi connectivity index (χ2n) is 4.12. The van der Waals surface area contributed by atoms with E-state index in [-0.39, 0.29) is 12.5 Å².